The van der Waals surface area contributed by atoms with Crippen molar-refractivity contribution in [3.63, 3.8) is 0 Å². The Labute approximate surface area is 101 Å². The van der Waals surface area contributed by atoms with Crippen LogP contribution in [0.4, 0.5) is 0 Å². The Morgan fingerprint density at radius 1 is 1.35 bits per heavy atom. The summed E-state index contributed by atoms with van der Waals surface area (Å²) in [5, 5.41) is 24.2. The Morgan fingerprint density at radius 2 is 2.06 bits per heavy atom. The molecule has 0 aliphatic rings. The molecule has 0 spiro atoms. The van der Waals surface area contributed by atoms with E-state index in [2.05, 4.69) is 10.5 Å². The smallest absolute Gasteiger partial charge is 0.139 e. The van der Waals surface area contributed by atoms with E-state index in [1.807, 2.05) is 30.3 Å². The molecule has 5 nitrogen and oxygen atoms in total. The van der Waals surface area contributed by atoms with Gasteiger partial charge < -0.3 is 21.4 Å². The number of nitrogens with two attached hydrogens (primary N) is 1. The first kappa shape index (κ1) is 13.5. The van der Waals surface area contributed by atoms with Crippen LogP contribution in [0.1, 0.15) is 24.5 Å². The quantitative estimate of drug-likeness (QED) is 0.186. The third-order valence-corrected chi connectivity index (χ3v) is 2.44. The Morgan fingerprint density at radius 3 is 2.71 bits per heavy atom. The van der Waals surface area contributed by atoms with Crippen LogP contribution < -0.4 is 11.1 Å². The van der Waals surface area contributed by atoms with Crippen molar-refractivity contribution in [3.05, 3.63) is 35.9 Å². The van der Waals surface area contributed by atoms with Crippen molar-refractivity contribution >= 4 is 5.84 Å². The molecule has 1 unspecified atom stereocenters. The molecule has 0 saturated carbocycles. The summed E-state index contributed by atoms with van der Waals surface area (Å²) in [6.45, 7) is 1.22. The average Bonchev–Trinajstić information content (AvgIpc) is 2.38. The van der Waals surface area contributed by atoms with Gasteiger partial charge in [-0.25, -0.2) is 0 Å². The third-order valence-electron chi connectivity index (χ3n) is 2.44. The van der Waals surface area contributed by atoms with Crippen molar-refractivity contribution in [2.75, 3.05) is 13.1 Å². The summed E-state index contributed by atoms with van der Waals surface area (Å²) in [6.07, 6.45) is 0.822. The summed E-state index contributed by atoms with van der Waals surface area (Å²) < 4.78 is 0. The maximum atomic E-state index is 9.82. The normalized spacial score (nSPS) is 13.6. The van der Waals surface area contributed by atoms with Crippen LogP contribution >= 0.6 is 0 Å². The number of rotatable bonds is 7. The van der Waals surface area contributed by atoms with E-state index in [4.69, 9.17) is 10.9 Å². The van der Waals surface area contributed by atoms with E-state index >= 15 is 0 Å². The zero-order valence-electron chi connectivity index (χ0n) is 9.71. The maximum Gasteiger partial charge on any atom is 0.139 e. The monoisotopic (exact) mass is 237 g/mol. The highest BCUT2D eigenvalue weighted by atomic mass is 16.4. The van der Waals surface area contributed by atoms with Crippen LogP contribution in [-0.2, 0) is 0 Å². The summed E-state index contributed by atoms with van der Waals surface area (Å²) in [4.78, 5) is 0. The molecule has 0 heterocycles. The fraction of sp³-hybridized carbons (Fsp3) is 0.417. The van der Waals surface area contributed by atoms with Crippen molar-refractivity contribution in [2.24, 2.45) is 10.9 Å². The number of amidine groups is 1. The van der Waals surface area contributed by atoms with Gasteiger partial charge in [0.1, 0.15) is 5.84 Å². The van der Waals surface area contributed by atoms with Crippen molar-refractivity contribution < 1.29 is 10.3 Å². The van der Waals surface area contributed by atoms with Crippen LogP contribution in [0.2, 0.25) is 0 Å². The van der Waals surface area contributed by atoms with Gasteiger partial charge in [-0.3, -0.25) is 0 Å². The predicted octanol–water partition coefficient (Wildman–Crippen LogP) is 0.836. The van der Waals surface area contributed by atoms with Gasteiger partial charge in [-0.1, -0.05) is 35.5 Å². The molecule has 0 bridgehead atoms. The molecular formula is C12H19N3O2. The average molecular weight is 237 g/mol. The van der Waals surface area contributed by atoms with Gasteiger partial charge in [0.2, 0.25) is 0 Å². The lowest BCUT2D eigenvalue weighted by Gasteiger charge is -2.11. The first-order valence-electron chi connectivity index (χ1n) is 5.64. The lowest BCUT2D eigenvalue weighted by molar-refractivity contribution is 0.175. The summed E-state index contributed by atoms with van der Waals surface area (Å²) >= 11 is 0. The number of oxime groups is 1. The summed E-state index contributed by atoms with van der Waals surface area (Å²) in [6, 6.07) is 9.50. The second-order valence-corrected chi connectivity index (χ2v) is 3.83. The van der Waals surface area contributed by atoms with Gasteiger partial charge in [-0.2, -0.15) is 0 Å². The lowest BCUT2D eigenvalue weighted by Crippen LogP contribution is -2.23. The van der Waals surface area contributed by atoms with Crippen LogP contribution in [0.5, 0.6) is 0 Å². The minimum Gasteiger partial charge on any atom is -0.409 e. The molecule has 17 heavy (non-hydrogen) atoms. The Bertz CT molecular complexity index is 341. The van der Waals surface area contributed by atoms with Crippen molar-refractivity contribution in [1.82, 2.24) is 5.32 Å². The molecule has 0 radical (unpaired) electrons. The van der Waals surface area contributed by atoms with Gasteiger partial charge in [0.25, 0.3) is 0 Å². The summed E-state index contributed by atoms with van der Waals surface area (Å²) in [5.74, 6) is 0.232. The van der Waals surface area contributed by atoms with Gasteiger partial charge in [-0.05, 0) is 18.5 Å². The SMILES string of the molecule is NC(CCCNCC(O)c1ccccc1)=NO. The van der Waals surface area contributed by atoms with E-state index < -0.39 is 6.10 Å². The molecule has 1 aromatic carbocycles. The molecule has 1 aromatic rings. The zero-order valence-corrected chi connectivity index (χ0v) is 9.71. The zero-order chi connectivity index (χ0) is 12.5. The van der Waals surface area contributed by atoms with Crippen LogP contribution in [0.25, 0.3) is 0 Å². The van der Waals surface area contributed by atoms with E-state index in [9.17, 15) is 5.11 Å². The number of benzene rings is 1. The summed E-state index contributed by atoms with van der Waals surface area (Å²) in [5.41, 5.74) is 6.23. The molecule has 0 aromatic heterocycles. The van der Waals surface area contributed by atoms with E-state index in [1.165, 1.54) is 0 Å². The number of nitrogens with one attached hydrogen (secondary N) is 1. The maximum absolute atomic E-state index is 9.82. The highest BCUT2D eigenvalue weighted by Gasteiger charge is 2.05. The van der Waals surface area contributed by atoms with Crippen LogP contribution in [-0.4, -0.2) is 29.2 Å². The summed E-state index contributed by atoms with van der Waals surface area (Å²) in [7, 11) is 0. The highest BCUT2D eigenvalue weighted by Crippen LogP contribution is 2.10. The first-order valence-corrected chi connectivity index (χ1v) is 5.64. The van der Waals surface area contributed by atoms with E-state index in [0.29, 0.717) is 13.0 Å². The molecule has 0 aliphatic carbocycles. The van der Waals surface area contributed by atoms with Crippen LogP contribution in [0.15, 0.2) is 35.5 Å². The van der Waals surface area contributed by atoms with E-state index in [1.54, 1.807) is 0 Å². The molecule has 0 saturated heterocycles. The molecule has 1 rings (SSSR count). The fourth-order valence-electron chi connectivity index (χ4n) is 1.48. The minimum absolute atomic E-state index is 0.232. The van der Waals surface area contributed by atoms with Crippen LogP contribution in [0, 0.1) is 0 Å². The Hall–Kier alpha value is -1.59. The van der Waals surface area contributed by atoms with E-state index in [0.717, 1.165) is 18.5 Å². The number of aliphatic hydroxyl groups is 1. The Kier molecular flexibility index (Phi) is 6.06. The number of aliphatic hydroxyl groups excluding tert-OH is 1. The van der Waals surface area contributed by atoms with Gasteiger partial charge in [0.15, 0.2) is 0 Å². The largest absolute Gasteiger partial charge is 0.409 e. The fourth-order valence-corrected chi connectivity index (χ4v) is 1.48. The Balaban J connectivity index is 2.15. The van der Waals surface area contributed by atoms with Gasteiger partial charge in [-0.15, -0.1) is 0 Å². The minimum atomic E-state index is -0.500. The van der Waals surface area contributed by atoms with E-state index in [-0.39, 0.29) is 5.84 Å². The van der Waals surface area contributed by atoms with Gasteiger partial charge >= 0.3 is 0 Å². The number of nitrogens with zero attached hydrogens (tertiary/aromatic N) is 1. The highest BCUT2D eigenvalue weighted by molar-refractivity contribution is 5.79. The molecule has 94 valence electrons. The second kappa shape index (κ2) is 7.65. The predicted molar refractivity (Wildman–Crippen MR) is 66.9 cm³/mol. The van der Waals surface area contributed by atoms with Gasteiger partial charge in [0.05, 0.1) is 6.10 Å². The molecule has 5 heteroatoms. The molecule has 0 aliphatic heterocycles. The number of hydrogen-bond acceptors (Lipinski definition) is 4. The van der Waals surface area contributed by atoms with Gasteiger partial charge in [0, 0.05) is 13.0 Å². The molecular weight excluding hydrogens is 218 g/mol. The standard InChI is InChI=1S/C12H19N3O2/c13-12(15-17)7-4-8-14-9-11(16)10-5-2-1-3-6-10/h1-3,5-6,11,14,16-17H,4,7-9H2,(H2,13,15). The third kappa shape index (κ3) is 5.33. The second-order valence-electron chi connectivity index (χ2n) is 3.83. The lowest BCUT2D eigenvalue weighted by atomic mass is 10.1. The molecule has 0 fully saturated rings. The van der Waals surface area contributed by atoms with Crippen molar-refractivity contribution in [2.45, 2.75) is 18.9 Å². The van der Waals surface area contributed by atoms with Crippen molar-refractivity contribution in [3.8, 4) is 0 Å². The topological polar surface area (TPSA) is 90.9 Å². The van der Waals surface area contributed by atoms with Crippen molar-refractivity contribution in [1.29, 1.82) is 0 Å². The number of hydrogen-bond donors (Lipinski definition) is 4. The molecule has 1 atom stereocenters. The van der Waals surface area contributed by atoms with Crippen LogP contribution in [0.3, 0.4) is 0 Å². The molecule has 5 N–H and O–H groups in total. The first-order chi connectivity index (χ1) is 8.24. The molecule has 0 amide bonds.